The van der Waals surface area contributed by atoms with E-state index in [0.29, 0.717) is 18.3 Å². The lowest BCUT2D eigenvalue weighted by Crippen LogP contribution is -2.48. The summed E-state index contributed by atoms with van der Waals surface area (Å²) in [6, 6.07) is 0. The Hall–Kier alpha value is -0.180. The number of hydrogen-bond donors (Lipinski definition) is 2. The molecule has 1 unspecified atom stereocenters. The molecular weight excluding hydrogens is 411 g/mol. The second kappa shape index (κ2) is 12.3. The fourth-order valence-corrected chi connectivity index (χ4v) is 3.31. The first-order valence-corrected chi connectivity index (χ1v) is 9.05. The van der Waals surface area contributed by atoms with E-state index in [1.54, 1.807) is 0 Å². The second-order valence-electron chi connectivity index (χ2n) is 5.53. The number of rotatable bonds is 6. The Morgan fingerprint density at radius 2 is 2.09 bits per heavy atom. The van der Waals surface area contributed by atoms with Gasteiger partial charge in [0.05, 0.1) is 6.54 Å². The molecule has 1 fully saturated rings. The highest BCUT2D eigenvalue weighted by molar-refractivity contribution is 14.0. The van der Waals surface area contributed by atoms with Crippen LogP contribution < -0.4 is 10.6 Å². The van der Waals surface area contributed by atoms with Crippen LogP contribution in [0.5, 0.6) is 0 Å². The predicted octanol–water partition coefficient (Wildman–Crippen LogP) is 2.17. The normalized spacial score (nSPS) is 18.9. The van der Waals surface area contributed by atoms with Gasteiger partial charge in [-0.25, -0.2) is 0 Å². The van der Waals surface area contributed by atoms with Crippen LogP contribution in [0, 0.1) is 5.92 Å². The number of amides is 1. The van der Waals surface area contributed by atoms with Gasteiger partial charge in [-0.3, -0.25) is 9.79 Å². The quantitative estimate of drug-likeness (QED) is 0.287. The molecule has 130 valence electrons. The summed E-state index contributed by atoms with van der Waals surface area (Å²) in [4.78, 5) is 18.5. The number of nitrogens with one attached hydrogen (secondary N) is 2. The van der Waals surface area contributed by atoms with Crippen molar-refractivity contribution in [3.63, 3.8) is 0 Å². The first-order chi connectivity index (χ1) is 10.1. The molecule has 0 spiro atoms. The summed E-state index contributed by atoms with van der Waals surface area (Å²) in [6.45, 7) is 12.3. The highest BCUT2D eigenvalue weighted by Crippen LogP contribution is 2.20. The molecule has 5 nitrogen and oxygen atoms in total. The minimum absolute atomic E-state index is 0. The van der Waals surface area contributed by atoms with Crippen molar-refractivity contribution in [2.45, 2.75) is 39.4 Å². The van der Waals surface area contributed by atoms with Crippen molar-refractivity contribution in [1.82, 2.24) is 15.5 Å². The van der Waals surface area contributed by atoms with Crippen LogP contribution in [0.15, 0.2) is 4.99 Å². The molecule has 2 N–H and O–H groups in total. The zero-order valence-corrected chi connectivity index (χ0v) is 17.4. The minimum Gasteiger partial charge on any atom is -0.357 e. The van der Waals surface area contributed by atoms with Crippen LogP contribution in [-0.2, 0) is 4.79 Å². The van der Waals surface area contributed by atoms with Crippen molar-refractivity contribution in [3.05, 3.63) is 0 Å². The van der Waals surface area contributed by atoms with E-state index in [-0.39, 0.29) is 35.8 Å². The Kier molecular flexibility index (Phi) is 12.2. The molecule has 1 aliphatic rings. The van der Waals surface area contributed by atoms with Crippen molar-refractivity contribution < 1.29 is 4.79 Å². The number of aliphatic imine (C=N–C) groups is 1. The number of carbonyl (C=O) groups is 1. The van der Waals surface area contributed by atoms with Gasteiger partial charge in [0.1, 0.15) is 0 Å². The average Bonchev–Trinajstić information content (AvgIpc) is 2.50. The van der Waals surface area contributed by atoms with Crippen molar-refractivity contribution in [2.24, 2.45) is 10.9 Å². The van der Waals surface area contributed by atoms with Crippen LogP contribution in [0.3, 0.4) is 0 Å². The molecule has 1 aliphatic heterocycles. The summed E-state index contributed by atoms with van der Waals surface area (Å²) in [7, 11) is 0. The van der Waals surface area contributed by atoms with E-state index in [0.717, 1.165) is 31.3 Å². The van der Waals surface area contributed by atoms with Gasteiger partial charge in [0.15, 0.2) is 5.96 Å². The van der Waals surface area contributed by atoms with Crippen LogP contribution in [-0.4, -0.2) is 60.5 Å². The fourth-order valence-electron chi connectivity index (χ4n) is 2.13. The van der Waals surface area contributed by atoms with Gasteiger partial charge in [-0.2, -0.15) is 11.8 Å². The average molecular weight is 442 g/mol. The molecule has 0 saturated carbocycles. The highest BCUT2D eigenvalue weighted by Gasteiger charge is 2.21. The Morgan fingerprint density at radius 3 is 2.68 bits per heavy atom. The van der Waals surface area contributed by atoms with Crippen molar-refractivity contribution >= 4 is 47.6 Å². The molecule has 0 aliphatic carbocycles. The number of hydrogen-bond acceptors (Lipinski definition) is 3. The first kappa shape index (κ1) is 21.8. The van der Waals surface area contributed by atoms with Gasteiger partial charge < -0.3 is 15.5 Å². The lowest BCUT2D eigenvalue weighted by Gasteiger charge is -2.34. The Bertz CT molecular complexity index is 352. The fraction of sp³-hybridized carbons (Fsp3) is 0.867. The highest BCUT2D eigenvalue weighted by atomic mass is 127. The van der Waals surface area contributed by atoms with E-state index in [2.05, 4.69) is 46.1 Å². The molecule has 1 rings (SSSR count). The van der Waals surface area contributed by atoms with Crippen molar-refractivity contribution in [1.29, 1.82) is 0 Å². The Morgan fingerprint density at radius 1 is 1.36 bits per heavy atom. The maximum absolute atomic E-state index is 11.5. The molecule has 0 aromatic heterocycles. The third-order valence-electron chi connectivity index (χ3n) is 3.43. The number of nitrogens with zero attached hydrogens (tertiary/aromatic N) is 2. The largest absolute Gasteiger partial charge is 0.357 e. The second-order valence-corrected chi connectivity index (χ2v) is 6.94. The van der Waals surface area contributed by atoms with Crippen molar-refractivity contribution in [2.75, 3.05) is 38.5 Å². The molecule has 1 amide bonds. The standard InChI is InChI=1S/C15H30N4OS.HI/c1-5-13-11-19(9-10-21-13)15(16-6-2)18-8-7-17-14(20)12(3)4;/h12-13H,5-11H2,1-4H3,(H,16,18)(H,17,20);1H. The first-order valence-electron chi connectivity index (χ1n) is 8.01. The monoisotopic (exact) mass is 442 g/mol. The maximum Gasteiger partial charge on any atom is 0.222 e. The van der Waals surface area contributed by atoms with Crippen LogP contribution in [0.2, 0.25) is 0 Å². The van der Waals surface area contributed by atoms with Crippen LogP contribution in [0.1, 0.15) is 34.1 Å². The van der Waals surface area contributed by atoms with Gasteiger partial charge >= 0.3 is 0 Å². The smallest absolute Gasteiger partial charge is 0.222 e. The van der Waals surface area contributed by atoms with Gasteiger partial charge in [-0.1, -0.05) is 20.8 Å². The van der Waals surface area contributed by atoms with Gasteiger partial charge in [-0.05, 0) is 13.3 Å². The van der Waals surface area contributed by atoms with Gasteiger partial charge in [0.25, 0.3) is 0 Å². The molecular formula is C15H31IN4OS. The summed E-state index contributed by atoms with van der Waals surface area (Å²) in [5, 5.41) is 6.97. The van der Waals surface area contributed by atoms with Gasteiger partial charge in [0, 0.05) is 43.1 Å². The number of guanidine groups is 1. The molecule has 0 aromatic rings. The summed E-state index contributed by atoms with van der Waals surface area (Å²) in [6.07, 6.45) is 1.20. The maximum atomic E-state index is 11.5. The van der Waals surface area contributed by atoms with E-state index < -0.39 is 0 Å². The van der Waals surface area contributed by atoms with Gasteiger partial charge in [-0.15, -0.1) is 24.0 Å². The van der Waals surface area contributed by atoms with Crippen LogP contribution >= 0.6 is 35.7 Å². The molecule has 0 aromatic carbocycles. The van der Waals surface area contributed by atoms with E-state index in [1.165, 1.54) is 6.42 Å². The summed E-state index contributed by atoms with van der Waals surface area (Å²) >= 11 is 2.06. The minimum atomic E-state index is 0. The number of thioether (sulfide) groups is 1. The Balaban J connectivity index is 0.00000441. The van der Waals surface area contributed by atoms with E-state index in [4.69, 9.17) is 0 Å². The third-order valence-corrected chi connectivity index (χ3v) is 4.80. The summed E-state index contributed by atoms with van der Waals surface area (Å²) in [5.41, 5.74) is 0. The molecule has 0 bridgehead atoms. The molecule has 1 atom stereocenters. The summed E-state index contributed by atoms with van der Waals surface area (Å²) in [5.74, 6) is 2.27. The summed E-state index contributed by atoms with van der Waals surface area (Å²) < 4.78 is 0. The third kappa shape index (κ3) is 7.89. The molecule has 7 heteroatoms. The van der Waals surface area contributed by atoms with Crippen LogP contribution in [0.25, 0.3) is 0 Å². The lowest BCUT2D eigenvalue weighted by atomic mass is 10.2. The van der Waals surface area contributed by atoms with E-state index in [9.17, 15) is 4.79 Å². The molecule has 0 radical (unpaired) electrons. The number of carbonyl (C=O) groups excluding carboxylic acids is 1. The number of halogens is 1. The zero-order chi connectivity index (χ0) is 15.7. The predicted molar refractivity (Wildman–Crippen MR) is 107 cm³/mol. The topological polar surface area (TPSA) is 56.7 Å². The van der Waals surface area contributed by atoms with Crippen LogP contribution in [0.4, 0.5) is 0 Å². The molecule has 22 heavy (non-hydrogen) atoms. The zero-order valence-electron chi connectivity index (χ0n) is 14.2. The molecule has 1 heterocycles. The van der Waals surface area contributed by atoms with Gasteiger partial charge in [0.2, 0.25) is 5.91 Å². The molecule has 1 saturated heterocycles. The SMILES string of the molecule is CCNC(=NCCNC(=O)C(C)C)N1CCSC(CC)C1.I. The van der Waals surface area contributed by atoms with E-state index in [1.807, 2.05) is 13.8 Å². The lowest BCUT2D eigenvalue weighted by molar-refractivity contribution is -0.123. The van der Waals surface area contributed by atoms with E-state index >= 15 is 0 Å². The van der Waals surface area contributed by atoms with Crippen molar-refractivity contribution in [3.8, 4) is 0 Å². The Labute approximate surface area is 156 Å².